The molecule has 5 heteroatoms. The van der Waals surface area contributed by atoms with Gasteiger partial charge in [0.2, 0.25) is 0 Å². The number of carbonyl (C=O) groups is 1. The van der Waals surface area contributed by atoms with Crippen LogP contribution in [0.2, 0.25) is 0 Å². The summed E-state index contributed by atoms with van der Waals surface area (Å²) in [5.74, 6) is 0.809. The first kappa shape index (κ1) is 19.0. The zero-order valence-corrected chi connectivity index (χ0v) is 16.4. The number of nitrogens with zero attached hydrogens (tertiary/aromatic N) is 1. The Morgan fingerprint density at radius 2 is 1.82 bits per heavy atom. The number of rotatable bonds is 7. The summed E-state index contributed by atoms with van der Waals surface area (Å²) in [6, 6.07) is 15.7. The fourth-order valence-electron chi connectivity index (χ4n) is 3.81. The highest BCUT2D eigenvalue weighted by molar-refractivity contribution is 5.95. The number of methoxy groups -OCH3 is 1. The van der Waals surface area contributed by atoms with E-state index in [0.29, 0.717) is 5.56 Å². The number of ether oxygens (including phenoxy) is 2. The Hall–Kier alpha value is -2.37. The molecule has 0 bridgehead atoms. The zero-order chi connectivity index (χ0) is 19.4. The largest absolute Gasteiger partial charge is 0.497 e. The van der Waals surface area contributed by atoms with Crippen LogP contribution in [0, 0.1) is 5.41 Å². The fourth-order valence-corrected chi connectivity index (χ4v) is 3.81. The Morgan fingerprint density at radius 3 is 2.54 bits per heavy atom. The molecule has 1 aliphatic carbocycles. The van der Waals surface area contributed by atoms with E-state index in [9.17, 15) is 4.79 Å². The Bertz CT molecular complexity index is 826. The van der Waals surface area contributed by atoms with E-state index < -0.39 is 0 Å². The number of hydrogen-bond acceptors (Lipinski definition) is 4. The molecule has 4 rings (SSSR count). The monoisotopic (exact) mass is 380 g/mol. The van der Waals surface area contributed by atoms with Gasteiger partial charge in [-0.2, -0.15) is 0 Å². The molecule has 1 aliphatic heterocycles. The lowest BCUT2D eigenvalue weighted by atomic mass is 10.0. The van der Waals surface area contributed by atoms with Gasteiger partial charge in [-0.1, -0.05) is 24.3 Å². The molecular weight excluding hydrogens is 352 g/mol. The summed E-state index contributed by atoms with van der Waals surface area (Å²) in [6.07, 6.45) is 2.38. The number of carbonyl (C=O) groups excluding carboxylic acids is 1. The maximum Gasteiger partial charge on any atom is 0.251 e. The van der Waals surface area contributed by atoms with Gasteiger partial charge in [-0.15, -0.1) is 0 Å². The topological polar surface area (TPSA) is 50.8 Å². The minimum Gasteiger partial charge on any atom is -0.497 e. The number of amides is 1. The molecule has 0 spiro atoms. The second-order valence-electron chi connectivity index (χ2n) is 7.88. The van der Waals surface area contributed by atoms with Gasteiger partial charge in [0.1, 0.15) is 5.75 Å². The van der Waals surface area contributed by atoms with Crippen LogP contribution in [0.25, 0.3) is 11.1 Å². The molecule has 2 aliphatic rings. The van der Waals surface area contributed by atoms with Crippen molar-refractivity contribution < 1.29 is 14.3 Å². The van der Waals surface area contributed by atoms with E-state index in [1.807, 2.05) is 48.5 Å². The highest BCUT2D eigenvalue weighted by atomic mass is 16.5. The summed E-state index contributed by atoms with van der Waals surface area (Å²) in [7, 11) is 1.66. The van der Waals surface area contributed by atoms with E-state index in [2.05, 4.69) is 10.2 Å². The summed E-state index contributed by atoms with van der Waals surface area (Å²) >= 11 is 0. The molecule has 0 aromatic heterocycles. The van der Waals surface area contributed by atoms with Crippen molar-refractivity contribution in [2.75, 3.05) is 46.5 Å². The molecule has 5 nitrogen and oxygen atoms in total. The number of nitrogens with one attached hydrogen (secondary N) is 1. The summed E-state index contributed by atoms with van der Waals surface area (Å²) in [4.78, 5) is 15.2. The first-order valence-corrected chi connectivity index (χ1v) is 10.0. The highest BCUT2D eigenvalue weighted by Gasteiger charge is 2.44. The molecule has 1 N–H and O–H groups in total. The minimum atomic E-state index is -0.00185. The van der Waals surface area contributed by atoms with Crippen molar-refractivity contribution in [1.29, 1.82) is 0 Å². The van der Waals surface area contributed by atoms with Crippen LogP contribution in [0.1, 0.15) is 23.2 Å². The Morgan fingerprint density at radius 1 is 1.11 bits per heavy atom. The Kier molecular flexibility index (Phi) is 5.64. The van der Waals surface area contributed by atoms with E-state index in [-0.39, 0.29) is 11.3 Å². The molecule has 0 unspecified atom stereocenters. The number of morpholine rings is 1. The zero-order valence-electron chi connectivity index (χ0n) is 16.4. The standard InChI is InChI=1S/C23H28N2O3/c1-27-21-7-3-5-19(15-21)18-4-2-6-20(14-18)22(26)24-16-23(8-9-23)17-25-10-12-28-13-11-25/h2-7,14-15H,8-13,16-17H2,1H3,(H,24,26). The molecule has 1 saturated carbocycles. The van der Waals surface area contributed by atoms with Crippen molar-refractivity contribution in [2.45, 2.75) is 12.8 Å². The fraction of sp³-hybridized carbons (Fsp3) is 0.435. The summed E-state index contributed by atoms with van der Waals surface area (Å²) in [6.45, 7) is 5.43. The van der Waals surface area contributed by atoms with Gasteiger partial charge in [-0.25, -0.2) is 0 Å². The van der Waals surface area contributed by atoms with Crippen LogP contribution in [0.3, 0.4) is 0 Å². The Labute approximate surface area is 166 Å². The van der Waals surface area contributed by atoms with Crippen molar-refractivity contribution >= 4 is 5.91 Å². The predicted molar refractivity (Wildman–Crippen MR) is 110 cm³/mol. The van der Waals surface area contributed by atoms with E-state index in [1.165, 1.54) is 12.8 Å². The molecule has 1 saturated heterocycles. The molecular formula is C23H28N2O3. The van der Waals surface area contributed by atoms with Gasteiger partial charge in [0.05, 0.1) is 20.3 Å². The van der Waals surface area contributed by atoms with E-state index in [4.69, 9.17) is 9.47 Å². The SMILES string of the molecule is COc1cccc(-c2cccc(C(=O)NCC3(CN4CCOCC4)CC3)c2)c1. The lowest BCUT2D eigenvalue weighted by molar-refractivity contribution is 0.0283. The maximum atomic E-state index is 12.7. The lowest BCUT2D eigenvalue weighted by Gasteiger charge is -2.30. The highest BCUT2D eigenvalue weighted by Crippen LogP contribution is 2.45. The third-order valence-electron chi connectivity index (χ3n) is 5.77. The van der Waals surface area contributed by atoms with Gasteiger partial charge in [0, 0.05) is 37.2 Å². The molecule has 2 aromatic carbocycles. The van der Waals surface area contributed by atoms with Crippen molar-refractivity contribution in [2.24, 2.45) is 5.41 Å². The van der Waals surface area contributed by atoms with Crippen LogP contribution < -0.4 is 10.1 Å². The second-order valence-corrected chi connectivity index (χ2v) is 7.88. The van der Waals surface area contributed by atoms with Crippen molar-refractivity contribution in [3.05, 3.63) is 54.1 Å². The summed E-state index contributed by atoms with van der Waals surface area (Å²) in [5, 5.41) is 3.17. The average molecular weight is 380 g/mol. The van der Waals surface area contributed by atoms with Gasteiger partial charge < -0.3 is 14.8 Å². The summed E-state index contributed by atoms with van der Waals surface area (Å²) in [5.41, 5.74) is 3.00. The van der Waals surface area contributed by atoms with Gasteiger partial charge in [-0.05, 0) is 48.2 Å². The molecule has 28 heavy (non-hydrogen) atoms. The van der Waals surface area contributed by atoms with Gasteiger partial charge in [-0.3, -0.25) is 9.69 Å². The third-order valence-corrected chi connectivity index (χ3v) is 5.77. The molecule has 1 heterocycles. The number of benzene rings is 2. The molecule has 0 atom stereocenters. The van der Waals surface area contributed by atoms with Crippen LogP contribution in [0.4, 0.5) is 0 Å². The van der Waals surface area contributed by atoms with Crippen molar-refractivity contribution in [3.8, 4) is 16.9 Å². The lowest BCUT2D eigenvalue weighted by Crippen LogP contribution is -2.43. The predicted octanol–water partition coefficient (Wildman–Crippen LogP) is 3.20. The maximum absolute atomic E-state index is 12.7. The van der Waals surface area contributed by atoms with E-state index in [0.717, 1.165) is 56.3 Å². The van der Waals surface area contributed by atoms with E-state index >= 15 is 0 Å². The molecule has 2 fully saturated rings. The van der Waals surface area contributed by atoms with E-state index in [1.54, 1.807) is 7.11 Å². The first-order valence-electron chi connectivity index (χ1n) is 10.0. The molecule has 148 valence electrons. The molecule has 2 aromatic rings. The van der Waals surface area contributed by atoms with Crippen molar-refractivity contribution in [3.63, 3.8) is 0 Å². The smallest absolute Gasteiger partial charge is 0.251 e. The van der Waals surface area contributed by atoms with Crippen LogP contribution in [-0.4, -0.2) is 57.3 Å². The van der Waals surface area contributed by atoms with Gasteiger partial charge in [0.25, 0.3) is 5.91 Å². The van der Waals surface area contributed by atoms with Gasteiger partial charge >= 0.3 is 0 Å². The van der Waals surface area contributed by atoms with Crippen LogP contribution in [0.15, 0.2) is 48.5 Å². The minimum absolute atomic E-state index is 0.00185. The molecule has 1 amide bonds. The van der Waals surface area contributed by atoms with Gasteiger partial charge in [0.15, 0.2) is 0 Å². The quantitative estimate of drug-likeness (QED) is 0.801. The molecule has 0 radical (unpaired) electrons. The van der Waals surface area contributed by atoms with Crippen LogP contribution >= 0.6 is 0 Å². The second kappa shape index (κ2) is 8.33. The van der Waals surface area contributed by atoms with Crippen molar-refractivity contribution in [1.82, 2.24) is 10.2 Å². The van der Waals surface area contributed by atoms with Crippen LogP contribution in [-0.2, 0) is 4.74 Å². The third kappa shape index (κ3) is 4.54. The number of hydrogen-bond donors (Lipinski definition) is 1. The van der Waals surface area contributed by atoms with Crippen LogP contribution in [0.5, 0.6) is 5.75 Å². The Balaban J connectivity index is 1.38. The first-order chi connectivity index (χ1) is 13.7. The average Bonchev–Trinajstić information content (AvgIpc) is 3.52. The summed E-state index contributed by atoms with van der Waals surface area (Å²) < 4.78 is 10.7. The normalized spacial score (nSPS) is 18.5.